The average molecular weight is 723 g/mol. The molecule has 0 fully saturated rings. The van der Waals surface area contributed by atoms with Crippen molar-refractivity contribution in [1.82, 2.24) is 0 Å². The zero-order chi connectivity index (χ0) is 37.5. The molecule has 0 bridgehead atoms. The molecule has 6 heteroatoms. The van der Waals surface area contributed by atoms with E-state index in [0.717, 1.165) is 63.7 Å². The molecule has 0 aromatic carbocycles. The number of carbonyl (C=O) groups excluding carboxylic acids is 3. The van der Waals surface area contributed by atoms with Gasteiger partial charge in [0.15, 0.2) is 6.10 Å². The van der Waals surface area contributed by atoms with E-state index in [4.69, 9.17) is 14.2 Å². The van der Waals surface area contributed by atoms with Crippen molar-refractivity contribution < 1.29 is 28.6 Å². The molecule has 302 valence electrons. The van der Waals surface area contributed by atoms with Crippen molar-refractivity contribution in [3.05, 3.63) is 0 Å². The molecule has 51 heavy (non-hydrogen) atoms. The Balaban J connectivity index is 4.22. The number of rotatable bonds is 40. The minimum atomic E-state index is -0.758. The molecule has 0 aliphatic heterocycles. The average Bonchev–Trinajstić information content (AvgIpc) is 3.11. The van der Waals surface area contributed by atoms with Gasteiger partial charge in [-0.05, 0) is 25.2 Å². The quantitative estimate of drug-likeness (QED) is 0.0356. The Morgan fingerprint density at radius 3 is 0.961 bits per heavy atom. The third kappa shape index (κ3) is 39.5. The first kappa shape index (κ1) is 49.4. The van der Waals surface area contributed by atoms with Crippen LogP contribution < -0.4 is 0 Å². The van der Waals surface area contributed by atoms with E-state index in [0.29, 0.717) is 19.3 Å². The molecule has 6 nitrogen and oxygen atoms in total. The molecule has 0 rings (SSSR count). The van der Waals surface area contributed by atoms with E-state index in [1.165, 1.54) is 141 Å². The smallest absolute Gasteiger partial charge is 0.306 e. The molecule has 0 saturated carbocycles. The summed E-state index contributed by atoms with van der Waals surface area (Å²) in [6.45, 7) is 8.92. The van der Waals surface area contributed by atoms with Gasteiger partial charge >= 0.3 is 17.9 Å². The van der Waals surface area contributed by atoms with Gasteiger partial charge in [0.05, 0.1) is 0 Å². The third-order valence-electron chi connectivity index (χ3n) is 10.0. The van der Waals surface area contributed by atoms with E-state index in [2.05, 4.69) is 27.7 Å². The van der Waals surface area contributed by atoms with Gasteiger partial charge in [-0.1, -0.05) is 207 Å². The fourth-order valence-electron chi connectivity index (χ4n) is 6.63. The molecule has 0 unspecified atom stereocenters. The Labute approximate surface area is 317 Å². The summed E-state index contributed by atoms with van der Waals surface area (Å²) in [5, 5.41) is 0. The molecule has 0 amide bonds. The van der Waals surface area contributed by atoms with E-state index in [1.54, 1.807) is 0 Å². The predicted molar refractivity (Wildman–Crippen MR) is 215 cm³/mol. The monoisotopic (exact) mass is 723 g/mol. The second kappa shape index (κ2) is 39.6. The lowest BCUT2D eigenvalue weighted by Crippen LogP contribution is -2.30. The molecule has 0 aliphatic carbocycles. The van der Waals surface area contributed by atoms with Crippen LogP contribution >= 0.6 is 0 Å². The lowest BCUT2D eigenvalue weighted by Gasteiger charge is -2.18. The molecular weight excluding hydrogens is 636 g/mol. The largest absolute Gasteiger partial charge is 0.462 e. The second-order valence-electron chi connectivity index (χ2n) is 15.8. The number of ether oxygens (including phenoxy) is 3. The van der Waals surface area contributed by atoms with Gasteiger partial charge in [0.1, 0.15) is 13.2 Å². The zero-order valence-electron chi connectivity index (χ0n) is 34.6. The highest BCUT2D eigenvalue weighted by Crippen LogP contribution is 2.16. The molecule has 0 radical (unpaired) electrons. The van der Waals surface area contributed by atoms with Crippen molar-refractivity contribution in [1.29, 1.82) is 0 Å². The second-order valence-corrected chi connectivity index (χ2v) is 15.8. The summed E-state index contributed by atoms with van der Waals surface area (Å²) >= 11 is 0. The van der Waals surface area contributed by atoms with Gasteiger partial charge in [-0.25, -0.2) is 0 Å². The number of unbranched alkanes of at least 4 members (excludes halogenated alkanes) is 27. The fourth-order valence-corrected chi connectivity index (χ4v) is 6.63. The maximum Gasteiger partial charge on any atom is 0.306 e. The molecule has 0 saturated heterocycles. The SMILES string of the molecule is CCCCCCCCCCCCCCCCCC(=O)OC[C@@H](COC(=O)CCCCCCCCCCC(C)C)OC(=O)CCCCCCCCC. The summed E-state index contributed by atoms with van der Waals surface area (Å²) in [4.78, 5) is 37.5. The van der Waals surface area contributed by atoms with Crippen LogP contribution in [0.4, 0.5) is 0 Å². The fraction of sp³-hybridized carbons (Fsp3) is 0.933. The normalized spacial score (nSPS) is 11.9. The standard InChI is InChI=1S/C45H86O6/c1-5-7-9-11-13-14-15-16-17-18-19-20-25-28-32-36-43(46)49-39-42(51-45(48)38-34-30-23-12-10-8-6-2)40-50-44(47)37-33-29-26-22-21-24-27-31-35-41(3)4/h41-42H,5-40H2,1-4H3/t42-/m0/s1. The van der Waals surface area contributed by atoms with Crippen LogP contribution in [0.1, 0.15) is 246 Å². The number of esters is 3. The van der Waals surface area contributed by atoms with Crippen LogP contribution in [-0.4, -0.2) is 37.2 Å². The summed E-state index contributed by atoms with van der Waals surface area (Å²) in [6, 6.07) is 0. The van der Waals surface area contributed by atoms with Crippen molar-refractivity contribution in [2.75, 3.05) is 13.2 Å². The lowest BCUT2D eigenvalue weighted by atomic mass is 10.0. The summed E-state index contributed by atoms with van der Waals surface area (Å²) in [5.74, 6) is -0.0668. The van der Waals surface area contributed by atoms with Gasteiger partial charge in [0, 0.05) is 19.3 Å². The van der Waals surface area contributed by atoms with Crippen molar-refractivity contribution in [2.45, 2.75) is 252 Å². The highest BCUT2D eigenvalue weighted by molar-refractivity contribution is 5.71. The number of hydrogen-bond donors (Lipinski definition) is 0. The van der Waals surface area contributed by atoms with E-state index in [-0.39, 0.29) is 31.1 Å². The Hall–Kier alpha value is -1.59. The summed E-state index contributed by atoms with van der Waals surface area (Å²) < 4.78 is 16.6. The Kier molecular flexibility index (Phi) is 38.4. The molecule has 0 aromatic rings. The summed E-state index contributed by atoms with van der Waals surface area (Å²) in [5.41, 5.74) is 0. The van der Waals surface area contributed by atoms with Gasteiger partial charge in [-0.15, -0.1) is 0 Å². The lowest BCUT2D eigenvalue weighted by molar-refractivity contribution is -0.167. The van der Waals surface area contributed by atoms with Crippen molar-refractivity contribution in [3.63, 3.8) is 0 Å². The molecular formula is C45H86O6. The first-order valence-corrected chi connectivity index (χ1v) is 22.4. The molecule has 0 spiro atoms. The van der Waals surface area contributed by atoms with Gasteiger partial charge < -0.3 is 14.2 Å². The van der Waals surface area contributed by atoms with Crippen molar-refractivity contribution in [2.24, 2.45) is 5.92 Å². The van der Waals surface area contributed by atoms with Gasteiger partial charge in [0.2, 0.25) is 0 Å². The van der Waals surface area contributed by atoms with Crippen LogP contribution in [0.2, 0.25) is 0 Å². The molecule has 0 aliphatic rings. The van der Waals surface area contributed by atoms with Crippen LogP contribution in [0.15, 0.2) is 0 Å². The summed E-state index contributed by atoms with van der Waals surface area (Å²) in [7, 11) is 0. The number of carbonyl (C=O) groups is 3. The van der Waals surface area contributed by atoms with Gasteiger partial charge in [-0.2, -0.15) is 0 Å². The van der Waals surface area contributed by atoms with Gasteiger partial charge in [-0.3, -0.25) is 14.4 Å². The molecule has 0 heterocycles. The maximum atomic E-state index is 12.6. The van der Waals surface area contributed by atoms with Crippen LogP contribution in [-0.2, 0) is 28.6 Å². The highest BCUT2D eigenvalue weighted by atomic mass is 16.6. The van der Waals surface area contributed by atoms with E-state index < -0.39 is 6.10 Å². The summed E-state index contributed by atoms with van der Waals surface area (Å²) in [6.07, 6.45) is 38.2. The topological polar surface area (TPSA) is 78.9 Å². The first-order chi connectivity index (χ1) is 24.9. The van der Waals surface area contributed by atoms with Crippen molar-refractivity contribution >= 4 is 17.9 Å². The van der Waals surface area contributed by atoms with Crippen LogP contribution in [0.25, 0.3) is 0 Å². The van der Waals surface area contributed by atoms with E-state index >= 15 is 0 Å². The first-order valence-electron chi connectivity index (χ1n) is 22.4. The minimum absolute atomic E-state index is 0.0647. The van der Waals surface area contributed by atoms with Crippen LogP contribution in [0.3, 0.4) is 0 Å². The molecule has 0 N–H and O–H groups in total. The molecule has 0 aromatic heterocycles. The van der Waals surface area contributed by atoms with Gasteiger partial charge in [0.25, 0.3) is 0 Å². The van der Waals surface area contributed by atoms with E-state index in [1.807, 2.05) is 0 Å². The highest BCUT2D eigenvalue weighted by Gasteiger charge is 2.19. The maximum absolute atomic E-state index is 12.6. The Morgan fingerprint density at radius 1 is 0.373 bits per heavy atom. The minimum Gasteiger partial charge on any atom is -0.462 e. The van der Waals surface area contributed by atoms with Crippen LogP contribution in [0.5, 0.6) is 0 Å². The third-order valence-corrected chi connectivity index (χ3v) is 10.0. The van der Waals surface area contributed by atoms with Crippen LogP contribution in [0, 0.1) is 5.92 Å². The Bertz CT molecular complexity index is 766. The zero-order valence-corrected chi connectivity index (χ0v) is 34.6. The Morgan fingerprint density at radius 2 is 0.647 bits per heavy atom. The van der Waals surface area contributed by atoms with Crippen molar-refractivity contribution in [3.8, 4) is 0 Å². The number of hydrogen-bond acceptors (Lipinski definition) is 6. The molecule has 1 atom stereocenters. The van der Waals surface area contributed by atoms with E-state index in [9.17, 15) is 14.4 Å². The predicted octanol–water partition coefficient (Wildman–Crippen LogP) is 13.9.